The molecule has 2 aromatic carbocycles. The highest BCUT2D eigenvalue weighted by Gasteiger charge is 2.36. The van der Waals surface area contributed by atoms with E-state index in [0.717, 1.165) is 22.9 Å². The molecule has 0 spiro atoms. The van der Waals surface area contributed by atoms with Crippen LogP contribution >= 0.6 is 0 Å². The largest absolute Gasteiger partial charge is 0.324 e. The molecule has 0 bridgehead atoms. The number of fused-ring (bicyclic) bond motifs is 1. The zero-order chi connectivity index (χ0) is 20.5. The molecule has 3 rings (SSSR count). The first-order valence-corrected chi connectivity index (χ1v) is 11.2. The minimum absolute atomic E-state index is 0.0508. The molecule has 0 unspecified atom stereocenters. The molecule has 0 saturated heterocycles. The number of rotatable bonds is 6. The van der Waals surface area contributed by atoms with Gasteiger partial charge in [0, 0.05) is 24.1 Å². The van der Waals surface area contributed by atoms with Gasteiger partial charge in [0.05, 0.1) is 5.75 Å². The van der Waals surface area contributed by atoms with Crippen molar-refractivity contribution in [1.29, 1.82) is 0 Å². The summed E-state index contributed by atoms with van der Waals surface area (Å²) >= 11 is 0. The molecule has 1 atom stereocenters. The van der Waals surface area contributed by atoms with Gasteiger partial charge in [-0.3, -0.25) is 9.59 Å². The highest BCUT2D eigenvalue weighted by atomic mass is 32.2. The lowest BCUT2D eigenvalue weighted by molar-refractivity contribution is -0.120. The van der Waals surface area contributed by atoms with E-state index in [0.29, 0.717) is 17.8 Å². The molecule has 2 amide bonds. The van der Waals surface area contributed by atoms with Crippen LogP contribution in [-0.2, 0) is 21.2 Å². The Morgan fingerprint density at radius 3 is 2.50 bits per heavy atom. The summed E-state index contributed by atoms with van der Waals surface area (Å²) in [6.07, 6.45) is 1.18. The summed E-state index contributed by atoms with van der Waals surface area (Å²) in [5, 5.41) is 2.84. The molecular formula is C21H24N2O4S. The monoisotopic (exact) mass is 400 g/mol. The Bertz CT molecular complexity index is 1030. The van der Waals surface area contributed by atoms with Crippen LogP contribution in [0.2, 0.25) is 0 Å². The lowest BCUT2D eigenvalue weighted by Crippen LogP contribution is -2.45. The second-order valence-electron chi connectivity index (χ2n) is 7.31. The van der Waals surface area contributed by atoms with Crippen LogP contribution in [0.25, 0.3) is 0 Å². The third kappa shape index (κ3) is 4.42. The SMILES string of the molecule is Cc1ccc(NC(=O)[C@H](CCS(C)(=O)=O)N2Cc3ccccc3C2=O)cc1C. The van der Waals surface area contributed by atoms with E-state index in [9.17, 15) is 18.0 Å². The summed E-state index contributed by atoms with van der Waals surface area (Å²) < 4.78 is 23.4. The second kappa shape index (κ2) is 7.75. The number of anilines is 1. The summed E-state index contributed by atoms with van der Waals surface area (Å²) in [4.78, 5) is 27.3. The van der Waals surface area contributed by atoms with E-state index < -0.39 is 15.9 Å². The molecule has 0 aromatic heterocycles. The van der Waals surface area contributed by atoms with Crippen LogP contribution in [0.15, 0.2) is 42.5 Å². The highest BCUT2D eigenvalue weighted by molar-refractivity contribution is 7.90. The van der Waals surface area contributed by atoms with Crippen LogP contribution in [0.1, 0.15) is 33.5 Å². The average molecular weight is 401 g/mol. The van der Waals surface area contributed by atoms with Crippen molar-refractivity contribution in [3.8, 4) is 0 Å². The Balaban J connectivity index is 1.85. The minimum atomic E-state index is -3.27. The molecule has 0 aliphatic carbocycles. The molecule has 1 aliphatic rings. The number of hydrogen-bond donors (Lipinski definition) is 1. The van der Waals surface area contributed by atoms with Gasteiger partial charge >= 0.3 is 0 Å². The minimum Gasteiger partial charge on any atom is -0.324 e. The molecule has 0 radical (unpaired) electrons. The number of aryl methyl sites for hydroxylation is 2. The van der Waals surface area contributed by atoms with Crippen LogP contribution in [0.5, 0.6) is 0 Å². The van der Waals surface area contributed by atoms with Gasteiger partial charge in [-0.1, -0.05) is 24.3 Å². The first-order valence-electron chi connectivity index (χ1n) is 9.10. The third-order valence-corrected chi connectivity index (χ3v) is 6.04. The zero-order valence-electron chi connectivity index (χ0n) is 16.2. The molecule has 0 fully saturated rings. The molecule has 148 valence electrons. The summed E-state index contributed by atoms with van der Waals surface area (Å²) in [5.41, 5.74) is 4.18. The Kier molecular flexibility index (Phi) is 5.56. The Labute approximate surface area is 165 Å². The smallest absolute Gasteiger partial charge is 0.255 e. The molecule has 2 aromatic rings. The van der Waals surface area contributed by atoms with Crippen LogP contribution < -0.4 is 5.32 Å². The number of sulfone groups is 1. The van der Waals surface area contributed by atoms with Crippen molar-refractivity contribution in [3.05, 3.63) is 64.7 Å². The van der Waals surface area contributed by atoms with Gasteiger partial charge in [0.2, 0.25) is 5.91 Å². The number of carbonyl (C=O) groups is 2. The number of nitrogens with zero attached hydrogens (tertiary/aromatic N) is 1. The fraction of sp³-hybridized carbons (Fsp3) is 0.333. The Hall–Kier alpha value is -2.67. The van der Waals surface area contributed by atoms with Gasteiger partial charge in [0.1, 0.15) is 15.9 Å². The quantitative estimate of drug-likeness (QED) is 0.808. The molecule has 0 saturated carbocycles. The Morgan fingerprint density at radius 2 is 1.86 bits per heavy atom. The van der Waals surface area contributed by atoms with Gasteiger partial charge < -0.3 is 10.2 Å². The van der Waals surface area contributed by atoms with Crippen molar-refractivity contribution in [1.82, 2.24) is 4.90 Å². The van der Waals surface area contributed by atoms with E-state index in [4.69, 9.17) is 0 Å². The lowest BCUT2D eigenvalue weighted by Gasteiger charge is -2.27. The fourth-order valence-corrected chi connectivity index (χ4v) is 3.98. The van der Waals surface area contributed by atoms with Crippen LogP contribution in [0, 0.1) is 13.8 Å². The first kappa shape index (κ1) is 20.1. The maximum Gasteiger partial charge on any atom is 0.255 e. The maximum atomic E-state index is 13.0. The second-order valence-corrected chi connectivity index (χ2v) is 9.57. The molecule has 1 heterocycles. The number of benzene rings is 2. The summed E-state index contributed by atoms with van der Waals surface area (Å²) in [6, 6.07) is 11.9. The molecule has 7 heteroatoms. The van der Waals surface area contributed by atoms with Crippen molar-refractivity contribution in [2.24, 2.45) is 0 Å². The first-order chi connectivity index (χ1) is 13.2. The zero-order valence-corrected chi connectivity index (χ0v) is 17.0. The van der Waals surface area contributed by atoms with Crippen molar-refractivity contribution in [2.45, 2.75) is 32.9 Å². The summed E-state index contributed by atoms with van der Waals surface area (Å²) in [7, 11) is -3.27. The predicted molar refractivity (Wildman–Crippen MR) is 109 cm³/mol. The van der Waals surface area contributed by atoms with Crippen LogP contribution in [0.3, 0.4) is 0 Å². The van der Waals surface area contributed by atoms with Crippen LogP contribution in [-0.4, -0.2) is 43.2 Å². The van der Waals surface area contributed by atoms with E-state index >= 15 is 0 Å². The van der Waals surface area contributed by atoms with Gasteiger partial charge in [-0.15, -0.1) is 0 Å². The van der Waals surface area contributed by atoms with Gasteiger partial charge in [-0.2, -0.15) is 0 Å². The van der Waals surface area contributed by atoms with Crippen molar-refractivity contribution >= 4 is 27.3 Å². The van der Waals surface area contributed by atoms with Gasteiger partial charge in [-0.05, 0) is 55.2 Å². The van der Waals surface area contributed by atoms with Crippen LogP contribution in [0.4, 0.5) is 5.69 Å². The molecule has 6 nitrogen and oxygen atoms in total. The highest BCUT2D eigenvalue weighted by Crippen LogP contribution is 2.26. The predicted octanol–water partition coefficient (Wildman–Crippen LogP) is 2.70. The number of nitrogens with one attached hydrogen (secondary N) is 1. The Morgan fingerprint density at radius 1 is 1.14 bits per heavy atom. The van der Waals surface area contributed by atoms with E-state index in [1.165, 1.54) is 4.90 Å². The van der Waals surface area contributed by atoms with E-state index in [2.05, 4.69) is 5.32 Å². The van der Waals surface area contributed by atoms with E-state index in [-0.39, 0.29) is 24.0 Å². The molecule has 28 heavy (non-hydrogen) atoms. The maximum absolute atomic E-state index is 13.0. The van der Waals surface area contributed by atoms with Gasteiger partial charge in [-0.25, -0.2) is 8.42 Å². The average Bonchev–Trinajstić information content (AvgIpc) is 2.94. The lowest BCUT2D eigenvalue weighted by atomic mass is 10.1. The van der Waals surface area contributed by atoms with E-state index in [1.54, 1.807) is 18.2 Å². The standard InChI is InChI=1S/C21H24N2O4S/c1-14-8-9-17(12-15(14)2)22-20(24)19(10-11-28(3,26)27)23-13-16-6-4-5-7-18(16)21(23)25/h4-9,12,19H,10-11,13H2,1-3H3,(H,22,24)/t19-/m0/s1. The number of hydrogen-bond acceptors (Lipinski definition) is 4. The molecule has 1 N–H and O–H groups in total. The molecular weight excluding hydrogens is 376 g/mol. The number of amides is 2. The topological polar surface area (TPSA) is 83.6 Å². The van der Waals surface area contributed by atoms with Crippen molar-refractivity contribution in [3.63, 3.8) is 0 Å². The molecule has 1 aliphatic heterocycles. The van der Waals surface area contributed by atoms with Crippen molar-refractivity contribution < 1.29 is 18.0 Å². The summed E-state index contributed by atoms with van der Waals surface area (Å²) in [5.74, 6) is -0.796. The normalized spacial score (nSPS) is 14.7. The third-order valence-electron chi connectivity index (χ3n) is 5.06. The number of carbonyl (C=O) groups excluding carboxylic acids is 2. The fourth-order valence-electron chi connectivity index (χ4n) is 3.33. The van der Waals surface area contributed by atoms with Crippen molar-refractivity contribution in [2.75, 3.05) is 17.3 Å². The van der Waals surface area contributed by atoms with Gasteiger partial charge in [0.15, 0.2) is 0 Å². The van der Waals surface area contributed by atoms with Gasteiger partial charge in [0.25, 0.3) is 5.91 Å². The van der Waals surface area contributed by atoms with E-state index in [1.807, 2.05) is 38.1 Å². The summed E-state index contributed by atoms with van der Waals surface area (Å²) in [6.45, 7) is 4.23.